The highest BCUT2D eigenvalue weighted by molar-refractivity contribution is 5.41. The zero-order chi connectivity index (χ0) is 12.5. The summed E-state index contributed by atoms with van der Waals surface area (Å²) >= 11 is 0. The van der Waals surface area contributed by atoms with Crippen molar-refractivity contribution >= 4 is 0 Å². The van der Waals surface area contributed by atoms with Crippen molar-refractivity contribution in [1.29, 1.82) is 0 Å². The Morgan fingerprint density at radius 2 is 2.22 bits per heavy atom. The normalized spacial score (nSPS) is 14.8. The number of nitrogens with zero attached hydrogens (tertiary/aromatic N) is 2. The summed E-state index contributed by atoms with van der Waals surface area (Å²) in [6.07, 6.45) is 2.42. The van der Waals surface area contributed by atoms with Crippen molar-refractivity contribution in [1.82, 2.24) is 9.78 Å². The molecule has 1 saturated carbocycles. The molecule has 0 saturated heterocycles. The van der Waals surface area contributed by atoms with E-state index in [9.17, 15) is 5.11 Å². The molecular weight excluding hydrogens is 228 g/mol. The highest BCUT2D eigenvalue weighted by Crippen LogP contribution is 2.41. The SMILES string of the molecule is COc1cccc(-n2nc(CO)cc2C2CC2)c1. The fourth-order valence-electron chi connectivity index (χ4n) is 2.14. The van der Waals surface area contributed by atoms with Gasteiger partial charge in [0.1, 0.15) is 5.75 Å². The molecule has 0 radical (unpaired) electrons. The maximum absolute atomic E-state index is 9.22. The van der Waals surface area contributed by atoms with Crippen molar-refractivity contribution in [2.45, 2.75) is 25.4 Å². The van der Waals surface area contributed by atoms with Crippen LogP contribution in [0.2, 0.25) is 0 Å². The van der Waals surface area contributed by atoms with Gasteiger partial charge in [0.05, 0.1) is 25.1 Å². The summed E-state index contributed by atoms with van der Waals surface area (Å²) in [5.74, 6) is 1.40. The van der Waals surface area contributed by atoms with Crippen molar-refractivity contribution in [2.75, 3.05) is 7.11 Å². The Hall–Kier alpha value is -1.81. The van der Waals surface area contributed by atoms with Crippen LogP contribution in [0.25, 0.3) is 5.69 Å². The summed E-state index contributed by atoms with van der Waals surface area (Å²) in [5.41, 5.74) is 2.89. The van der Waals surface area contributed by atoms with E-state index >= 15 is 0 Å². The van der Waals surface area contributed by atoms with Gasteiger partial charge in [0.15, 0.2) is 0 Å². The standard InChI is InChI=1S/C14H16N2O2/c1-18-13-4-2-3-12(8-13)16-14(10-5-6-10)7-11(9-17)15-16/h2-4,7-8,10,17H,5-6,9H2,1H3. The number of methoxy groups -OCH3 is 1. The van der Waals surface area contributed by atoms with Crippen LogP contribution in [0.1, 0.15) is 30.1 Å². The van der Waals surface area contributed by atoms with Gasteiger partial charge in [-0.15, -0.1) is 0 Å². The molecule has 0 aliphatic heterocycles. The van der Waals surface area contributed by atoms with Gasteiger partial charge >= 0.3 is 0 Å². The van der Waals surface area contributed by atoms with Gasteiger partial charge in [-0.25, -0.2) is 4.68 Å². The summed E-state index contributed by atoms with van der Waals surface area (Å²) in [5, 5.41) is 13.7. The first-order chi connectivity index (χ1) is 8.81. The highest BCUT2D eigenvalue weighted by atomic mass is 16.5. The molecule has 1 fully saturated rings. The molecule has 0 amide bonds. The predicted octanol–water partition coefficient (Wildman–Crippen LogP) is 2.25. The first-order valence-corrected chi connectivity index (χ1v) is 6.16. The fourth-order valence-corrected chi connectivity index (χ4v) is 2.14. The monoisotopic (exact) mass is 244 g/mol. The van der Waals surface area contributed by atoms with E-state index in [0.29, 0.717) is 5.92 Å². The molecule has 0 bridgehead atoms. The minimum absolute atomic E-state index is 0.0172. The van der Waals surface area contributed by atoms with E-state index in [1.54, 1.807) is 7.11 Å². The molecule has 94 valence electrons. The molecule has 1 heterocycles. The number of hydrogen-bond acceptors (Lipinski definition) is 3. The molecule has 1 aliphatic carbocycles. The number of hydrogen-bond donors (Lipinski definition) is 1. The second-order valence-corrected chi connectivity index (χ2v) is 4.61. The quantitative estimate of drug-likeness (QED) is 0.897. The van der Waals surface area contributed by atoms with Gasteiger partial charge in [-0.3, -0.25) is 0 Å². The molecule has 0 unspecified atom stereocenters. The Labute approximate surface area is 106 Å². The molecule has 1 aliphatic rings. The molecular formula is C14H16N2O2. The third-order valence-corrected chi connectivity index (χ3v) is 3.24. The Balaban J connectivity index is 2.06. The van der Waals surface area contributed by atoms with Crippen molar-refractivity contribution < 1.29 is 9.84 Å². The summed E-state index contributed by atoms with van der Waals surface area (Å²) in [7, 11) is 1.66. The summed E-state index contributed by atoms with van der Waals surface area (Å²) in [6.45, 7) is -0.0172. The molecule has 0 atom stereocenters. The minimum atomic E-state index is -0.0172. The zero-order valence-corrected chi connectivity index (χ0v) is 10.3. The number of aromatic nitrogens is 2. The van der Waals surface area contributed by atoms with Gasteiger partial charge in [0, 0.05) is 17.7 Å². The largest absolute Gasteiger partial charge is 0.497 e. The molecule has 0 spiro atoms. The van der Waals surface area contributed by atoms with Crippen LogP contribution >= 0.6 is 0 Å². The summed E-state index contributed by atoms with van der Waals surface area (Å²) < 4.78 is 7.16. The number of ether oxygens (including phenoxy) is 1. The molecule has 2 aromatic rings. The van der Waals surface area contributed by atoms with E-state index in [2.05, 4.69) is 5.10 Å². The lowest BCUT2D eigenvalue weighted by Gasteiger charge is -2.08. The van der Waals surface area contributed by atoms with Crippen molar-refractivity contribution in [3.05, 3.63) is 41.7 Å². The van der Waals surface area contributed by atoms with Crippen LogP contribution in [-0.4, -0.2) is 22.0 Å². The summed E-state index contributed by atoms with van der Waals surface area (Å²) in [6, 6.07) is 9.82. The maximum Gasteiger partial charge on any atom is 0.121 e. The first kappa shape index (κ1) is 11.3. The molecule has 4 heteroatoms. The molecule has 1 aromatic carbocycles. The molecule has 4 nitrogen and oxygen atoms in total. The average molecular weight is 244 g/mol. The van der Waals surface area contributed by atoms with Crippen molar-refractivity contribution in [3.63, 3.8) is 0 Å². The van der Waals surface area contributed by atoms with Gasteiger partial charge in [-0.1, -0.05) is 6.07 Å². The maximum atomic E-state index is 9.22. The first-order valence-electron chi connectivity index (χ1n) is 6.16. The number of aliphatic hydroxyl groups is 1. The number of rotatable bonds is 4. The lowest BCUT2D eigenvalue weighted by atomic mass is 10.2. The summed E-state index contributed by atoms with van der Waals surface area (Å²) in [4.78, 5) is 0. The molecule has 18 heavy (non-hydrogen) atoms. The Morgan fingerprint density at radius 3 is 2.89 bits per heavy atom. The average Bonchev–Trinajstić information content (AvgIpc) is 3.18. The van der Waals surface area contributed by atoms with Gasteiger partial charge in [0.2, 0.25) is 0 Å². The van der Waals surface area contributed by atoms with E-state index in [1.165, 1.54) is 18.5 Å². The second kappa shape index (κ2) is 4.46. The van der Waals surface area contributed by atoms with Gasteiger partial charge < -0.3 is 9.84 Å². The highest BCUT2D eigenvalue weighted by Gasteiger charge is 2.28. The van der Waals surface area contributed by atoms with Crippen molar-refractivity contribution in [3.8, 4) is 11.4 Å². The van der Waals surface area contributed by atoms with E-state index in [0.717, 1.165) is 17.1 Å². The third-order valence-electron chi connectivity index (χ3n) is 3.24. The third kappa shape index (κ3) is 1.99. The van der Waals surface area contributed by atoms with Gasteiger partial charge in [-0.2, -0.15) is 5.10 Å². The fraction of sp³-hybridized carbons (Fsp3) is 0.357. The molecule has 1 aromatic heterocycles. The topological polar surface area (TPSA) is 47.3 Å². The zero-order valence-electron chi connectivity index (χ0n) is 10.3. The van der Waals surface area contributed by atoms with Crippen molar-refractivity contribution in [2.24, 2.45) is 0 Å². The lowest BCUT2D eigenvalue weighted by Crippen LogP contribution is -2.01. The number of benzene rings is 1. The molecule has 3 rings (SSSR count). The Bertz CT molecular complexity index is 559. The van der Waals surface area contributed by atoms with Crippen LogP contribution in [0.15, 0.2) is 30.3 Å². The Morgan fingerprint density at radius 1 is 1.39 bits per heavy atom. The van der Waals surface area contributed by atoms with E-state index < -0.39 is 0 Å². The van der Waals surface area contributed by atoms with Gasteiger partial charge in [-0.05, 0) is 31.0 Å². The smallest absolute Gasteiger partial charge is 0.121 e. The van der Waals surface area contributed by atoms with Gasteiger partial charge in [0.25, 0.3) is 0 Å². The second-order valence-electron chi connectivity index (χ2n) is 4.61. The number of aliphatic hydroxyl groups excluding tert-OH is 1. The van der Waals surface area contributed by atoms with Crippen LogP contribution in [0, 0.1) is 0 Å². The van der Waals surface area contributed by atoms with Crippen LogP contribution in [0.4, 0.5) is 0 Å². The minimum Gasteiger partial charge on any atom is -0.497 e. The van der Waals surface area contributed by atoms with E-state index in [4.69, 9.17) is 4.74 Å². The lowest BCUT2D eigenvalue weighted by molar-refractivity contribution is 0.276. The van der Waals surface area contributed by atoms with E-state index in [-0.39, 0.29) is 6.61 Å². The molecule has 1 N–H and O–H groups in total. The Kier molecular flexibility index (Phi) is 2.80. The van der Waals surface area contributed by atoms with Crippen LogP contribution < -0.4 is 4.74 Å². The van der Waals surface area contributed by atoms with E-state index in [1.807, 2.05) is 35.0 Å². The van der Waals surface area contributed by atoms with Crippen LogP contribution in [0.5, 0.6) is 5.75 Å². The predicted molar refractivity (Wildman–Crippen MR) is 68.0 cm³/mol. The van der Waals surface area contributed by atoms with Crippen LogP contribution in [0.3, 0.4) is 0 Å². The van der Waals surface area contributed by atoms with Crippen LogP contribution in [-0.2, 0) is 6.61 Å².